The molecule has 1 aliphatic rings. The van der Waals surface area contributed by atoms with E-state index in [1.807, 2.05) is 24.0 Å². The Morgan fingerprint density at radius 3 is 2.54 bits per heavy atom. The standard InChI is InChI=1S/C21H33N7/c1-18(27-15-13-26(3)14-16-27)17-24-21(22-2)23-11-9-19-5-7-20(8-6-19)28-12-4-10-25-28/h4-8,10,12,18H,9,11,13-17H2,1-3H3,(H2,22,23,24). The van der Waals surface area contributed by atoms with Crippen molar-refractivity contribution in [3.63, 3.8) is 0 Å². The minimum Gasteiger partial charge on any atom is -0.356 e. The number of hydrogen-bond acceptors (Lipinski definition) is 4. The maximum atomic E-state index is 4.35. The van der Waals surface area contributed by atoms with Gasteiger partial charge in [-0.05, 0) is 44.2 Å². The number of nitrogens with zero attached hydrogens (tertiary/aromatic N) is 5. The third kappa shape index (κ3) is 5.81. The molecule has 28 heavy (non-hydrogen) atoms. The summed E-state index contributed by atoms with van der Waals surface area (Å²) in [5.74, 6) is 0.870. The summed E-state index contributed by atoms with van der Waals surface area (Å²) in [4.78, 5) is 9.28. The monoisotopic (exact) mass is 383 g/mol. The smallest absolute Gasteiger partial charge is 0.191 e. The van der Waals surface area contributed by atoms with Gasteiger partial charge in [-0.2, -0.15) is 5.10 Å². The van der Waals surface area contributed by atoms with E-state index in [0.29, 0.717) is 6.04 Å². The summed E-state index contributed by atoms with van der Waals surface area (Å²) < 4.78 is 1.87. The zero-order valence-corrected chi connectivity index (χ0v) is 17.3. The molecule has 0 radical (unpaired) electrons. The molecule has 1 aromatic carbocycles. The van der Waals surface area contributed by atoms with Crippen LogP contribution in [-0.4, -0.2) is 84.9 Å². The van der Waals surface area contributed by atoms with Crippen LogP contribution in [0.4, 0.5) is 0 Å². The molecule has 0 bridgehead atoms. The Bertz CT molecular complexity index is 716. The van der Waals surface area contributed by atoms with E-state index < -0.39 is 0 Å². The van der Waals surface area contributed by atoms with Gasteiger partial charge in [-0.25, -0.2) is 4.68 Å². The summed E-state index contributed by atoms with van der Waals surface area (Å²) in [6.07, 6.45) is 4.70. The zero-order valence-electron chi connectivity index (χ0n) is 17.3. The topological polar surface area (TPSA) is 60.7 Å². The number of nitrogens with one attached hydrogen (secondary N) is 2. The molecule has 1 aliphatic heterocycles. The van der Waals surface area contributed by atoms with Gasteiger partial charge < -0.3 is 15.5 Å². The summed E-state index contributed by atoms with van der Waals surface area (Å²) >= 11 is 0. The van der Waals surface area contributed by atoms with Gasteiger partial charge in [-0.3, -0.25) is 9.89 Å². The molecule has 1 unspecified atom stereocenters. The predicted octanol–water partition coefficient (Wildman–Crippen LogP) is 1.22. The van der Waals surface area contributed by atoms with Crippen LogP contribution in [-0.2, 0) is 6.42 Å². The Kier molecular flexibility index (Phi) is 7.45. The largest absolute Gasteiger partial charge is 0.356 e. The highest BCUT2D eigenvalue weighted by molar-refractivity contribution is 5.79. The van der Waals surface area contributed by atoms with E-state index in [9.17, 15) is 0 Å². The number of piperazine rings is 1. The van der Waals surface area contributed by atoms with E-state index in [0.717, 1.165) is 57.3 Å². The van der Waals surface area contributed by atoms with Crippen molar-refractivity contribution in [2.75, 3.05) is 53.4 Å². The Morgan fingerprint density at radius 2 is 1.89 bits per heavy atom. The van der Waals surface area contributed by atoms with E-state index in [-0.39, 0.29) is 0 Å². The van der Waals surface area contributed by atoms with Crippen molar-refractivity contribution in [3.8, 4) is 5.69 Å². The number of guanidine groups is 1. The second-order valence-corrected chi connectivity index (χ2v) is 7.44. The minimum atomic E-state index is 0.502. The molecule has 0 amide bonds. The summed E-state index contributed by atoms with van der Waals surface area (Å²) in [7, 11) is 4.02. The first-order chi connectivity index (χ1) is 13.7. The normalized spacial score (nSPS) is 17.5. The lowest BCUT2D eigenvalue weighted by Crippen LogP contribution is -2.52. The molecule has 2 N–H and O–H groups in total. The zero-order chi connectivity index (χ0) is 19.8. The lowest BCUT2D eigenvalue weighted by Gasteiger charge is -2.36. The third-order valence-corrected chi connectivity index (χ3v) is 5.36. The van der Waals surface area contributed by atoms with Crippen LogP contribution >= 0.6 is 0 Å². The number of aromatic nitrogens is 2. The average molecular weight is 384 g/mol. The third-order valence-electron chi connectivity index (χ3n) is 5.36. The van der Waals surface area contributed by atoms with Crippen LogP contribution in [0.2, 0.25) is 0 Å². The Hall–Kier alpha value is -2.38. The van der Waals surface area contributed by atoms with Crippen LogP contribution in [0.25, 0.3) is 5.69 Å². The molecule has 1 atom stereocenters. The van der Waals surface area contributed by atoms with Gasteiger partial charge in [0.15, 0.2) is 5.96 Å². The molecule has 7 heteroatoms. The van der Waals surface area contributed by atoms with E-state index in [1.165, 1.54) is 5.56 Å². The fourth-order valence-electron chi connectivity index (χ4n) is 3.42. The minimum absolute atomic E-state index is 0.502. The molecular weight excluding hydrogens is 350 g/mol. The first-order valence-electron chi connectivity index (χ1n) is 10.1. The molecule has 2 aromatic rings. The van der Waals surface area contributed by atoms with Crippen LogP contribution in [0.15, 0.2) is 47.7 Å². The molecule has 1 aromatic heterocycles. The Labute approximate surface area is 168 Å². The Balaban J connectivity index is 1.38. The van der Waals surface area contributed by atoms with Crippen molar-refractivity contribution in [1.29, 1.82) is 0 Å². The van der Waals surface area contributed by atoms with E-state index in [1.54, 1.807) is 6.20 Å². The van der Waals surface area contributed by atoms with Crippen molar-refractivity contribution in [2.45, 2.75) is 19.4 Å². The summed E-state index contributed by atoms with van der Waals surface area (Å²) in [6.45, 7) is 8.62. The van der Waals surface area contributed by atoms with Crippen molar-refractivity contribution < 1.29 is 0 Å². The number of rotatable bonds is 7. The quantitative estimate of drug-likeness (QED) is 0.556. The summed E-state index contributed by atoms with van der Waals surface area (Å²) in [6, 6.07) is 11.0. The summed E-state index contributed by atoms with van der Waals surface area (Å²) in [5.41, 5.74) is 2.38. The first kappa shape index (κ1) is 20.4. The number of benzene rings is 1. The maximum absolute atomic E-state index is 4.35. The van der Waals surface area contributed by atoms with Gasteiger partial charge in [0.25, 0.3) is 0 Å². The molecular formula is C21H33N7. The molecule has 1 fully saturated rings. The molecule has 2 heterocycles. The SMILES string of the molecule is CN=C(NCCc1ccc(-n2cccn2)cc1)NCC(C)N1CCN(C)CC1. The maximum Gasteiger partial charge on any atom is 0.191 e. The van der Waals surface area contributed by atoms with Crippen LogP contribution in [0.5, 0.6) is 0 Å². The van der Waals surface area contributed by atoms with E-state index >= 15 is 0 Å². The number of aliphatic imine (C=N–C) groups is 1. The predicted molar refractivity (Wildman–Crippen MR) is 115 cm³/mol. The molecule has 7 nitrogen and oxygen atoms in total. The van der Waals surface area contributed by atoms with Crippen molar-refractivity contribution >= 4 is 5.96 Å². The summed E-state index contributed by atoms with van der Waals surface area (Å²) in [5, 5.41) is 11.1. The lowest BCUT2D eigenvalue weighted by molar-refractivity contribution is 0.120. The fourth-order valence-corrected chi connectivity index (χ4v) is 3.42. The van der Waals surface area contributed by atoms with Gasteiger partial charge in [0.2, 0.25) is 0 Å². The fraction of sp³-hybridized carbons (Fsp3) is 0.524. The molecule has 152 valence electrons. The van der Waals surface area contributed by atoms with Gasteiger partial charge in [-0.15, -0.1) is 0 Å². The van der Waals surface area contributed by atoms with Crippen molar-refractivity contribution in [3.05, 3.63) is 48.3 Å². The highest BCUT2D eigenvalue weighted by Crippen LogP contribution is 2.09. The number of likely N-dealkylation sites (N-methyl/N-ethyl adjacent to an activating group) is 1. The van der Waals surface area contributed by atoms with Crippen LogP contribution in [0, 0.1) is 0 Å². The van der Waals surface area contributed by atoms with Crippen LogP contribution in [0.3, 0.4) is 0 Å². The lowest BCUT2D eigenvalue weighted by atomic mass is 10.1. The molecule has 0 saturated carbocycles. The van der Waals surface area contributed by atoms with Crippen molar-refractivity contribution in [1.82, 2.24) is 30.2 Å². The van der Waals surface area contributed by atoms with Gasteiger partial charge in [0.1, 0.15) is 0 Å². The van der Waals surface area contributed by atoms with Gasteiger partial charge in [0, 0.05) is 64.8 Å². The van der Waals surface area contributed by atoms with E-state index in [4.69, 9.17) is 0 Å². The number of hydrogen-bond donors (Lipinski definition) is 2. The second-order valence-electron chi connectivity index (χ2n) is 7.44. The molecule has 0 aliphatic carbocycles. The van der Waals surface area contributed by atoms with Crippen molar-refractivity contribution in [2.24, 2.45) is 4.99 Å². The van der Waals surface area contributed by atoms with Crippen LogP contribution in [0.1, 0.15) is 12.5 Å². The highest BCUT2D eigenvalue weighted by Gasteiger charge is 2.18. The average Bonchev–Trinajstić information content (AvgIpc) is 3.26. The molecule has 1 saturated heterocycles. The Morgan fingerprint density at radius 1 is 1.14 bits per heavy atom. The van der Waals surface area contributed by atoms with Gasteiger partial charge in [-0.1, -0.05) is 12.1 Å². The first-order valence-corrected chi connectivity index (χ1v) is 10.1. The van der Waals surface area contributed by atoms with Crippen LogP contribution < -0.4 is 10.6 Å². The van der Waals surface area contributed by atoms with Gasteiger partial charge in [0.05, 0.1) is 5.69 Å². The van der Waals surface area contributed by atoms with E-state index in [2.05, 4.69) is 68.8 Å². The molecule has 0 spiro atoms. The highest BCUT2D eigenvalue weighted by atomic mass is 15.3. The van der Waals surface area contributed by atoms with Gasteiger partial charge >= 0.3 is 0 Å². The molecule has 3 rings (SSSR count). The second kappa shape index (κ2) is 10.2.